The molecule has 2 N–H and O–H groups in total. The standard InChI is InChI=1S/C10H21N/c1-8-6-9(7-11)4-5-10(8,2)3/h8-9H,4-7,11H2,1-3H3. The first-order valence-electron chi connectivity index (χ1n) is 4.76. The van der Waals surface area contributed by atoms with Crippen LogP contribution >= 0.6 is 0 Å². The van der Waals surface area contributed by atoms with Crippen LogP contribution in [0.1, 0.15) is 40.0 Å². The zero-order chi connectivity index (χ0) is 8.48. The van der Waals surface area contributed by atoms with Crippen LogP contribution in [0.5, 0.6) is 0 Å². The molecule has 0 saturated heterocycles. The summed E-state index contributed by atoms with van der Waals surface area (Å²) < 4.78 is 0. The Bertz CT molecular complexity index is 129. The Hall–Kier alpha value is -0.0400. The normalized spacial score (nSPS) is 37.1. The van der Waals surface area contributed by atoms with Gasteiger partial charge in [0.25, 0.3) is 0 Å². The molecule has 1 fully saturated rings. The molecule has 2 unspecified atom stereocenters. The van der Waals surface area contributed by atoms with Gasteiger partial charge in [-0.3, -0.25) is 0 Å². The van der Waals surface area contributed by atoms with Gasteiger partial charge in [0.2, 0.25) is 0 Å². The monoisotopic (exact) mass is 155 g/mol. The van der Waals surface area contributed by atoms with Crippen LogP contribution in [-0.2, 0) is 0 Å². The summed E-state index contributed by atoms with van der Waals surface area (Å²) in [5.41, 5.74) is 6.22. The van der Waals surface area contributed by atoms with Crippen molar-refractivity contribution < 1.29 is 0 Å². The highest BCUT2D eigenvalue weighted by atomic mass is 14.6. The number of hydrogen-bond acceptors (Lipinski definition) is 1. The number of nitrogens with two attached hydrogens (primary N) is 1. The molecule has 1 nitrogen and oxygen atoms in total. The lowest BCUT2D eigenvalue weighted by Gasteiger charge is -2.40. The van der Waals surface area contributed by atoms with Crippen molar-refractivity contribution in [1.29, 1.82) is 0 Å². The Balaban J connectivity index is 2.48. The molecular weight excluding hydrogens is 134 g/mol. The van der Waals surface area contributed by atoms with Crippen LogP contribution < -0.4 is 5.73 Å². The topological polar surface area (TPSA) is 26.0 Å². The Labute approximate surface area is 70.4 Å². The van der Waals surface area contributed by atoms with Crippen LogP contribution in [0.25, 0.3) is 0 Å². The molecule has 1 aliphatic carbocycles. The summed E-state index contributed by atoms with van der Waals surface area (Å²) in [6, 6.07) is 0. The van der Waals surface area contributed by atoms with E-state index in [9.17, 15) is 0 Å². The fourth-order valence-electron chi connectivity index (χ4n) is 1.97. The Morgan fingerprint density at radius 2 is 2.09 bits per heavy atom. The van der Waals surface area contributed by atoms with E-state index in [0.717, 1.165) is 18.4 Å². The molecule has 1 aliphatic rings. The summed E-state index contributed by atoms with van der Waals surface area (Å²) in [4.78, 5) is 0. The third-order valence-corrected chi connectivity index (χ3v) is 3.55. The second-order valence-corrected chi connectivity index (χ2v) is 4.77. The van der Waals surface area contributed by atoms with Crippen molar-refractivity contribution in [3.8, 4) is 0 Å². The van der Waals surface area contributed by atoms with Crippen molar-refractivity contribution in [3.05, 3.63) is 0 Å². The van der Waals surface area contributed by atoms with Gasteiger partial charge in [0.05, 0.1) is 0 Å². The van der Waals surface area contributed by atoms with E-state index in [1.54, 1.807) is 0 Å². The predicted octanol–water partition coefficient (Wildman–Crippen LogP) is 2.41. The van der Waals surface area contributed by atoms with Crippen LogP contribution in [0.4, 0.5) is 0 Å². The van der Waals surface area contributed by atoms with Crippen molar-refractivity contribution in [2.24, 2.45) is 23.0 Å². The molecule has 0 aromatic carbocycles. The Morgan fingerprint density at radius 1 is 1.45 bits per heavy atom. The predicted molar refractivity (Wildman–Crippen MR) is 49.3 cm³/mol. The van der Waals surface area contributed by atoms with Gasteiger partial charge in [-0.2, -0.15) is 0 Å². The van der Waals surface area contributed by atoms with Gasteiger partial charge in [0.15, 0.2) is 0 Å². The molecule has 66 valence electrons. The van der Waals surface area contributed by atoms with Gasteiger partial charge in [0.1, 0.15) is 0 Å². The van der Waals surface area contributed by atoms with E-state index in [4.69, 9.17) is 5.73 Å². The highest BCUT2D eigenvalue weighted by Gasteiger charge is 2.32. The molecule has 0 bridgehead atoms. The van der Waals surface area contributed by atoms with Crippen LogP contribution in [0.2, 0.25) is 0 Å². The molecule has 0 radical (unpaired) electrons. The smallest absolute Gasteiger partial charge is 0.00488 e. The summed E-state index contributed by atoms with van der Waals surface area (Å²) in [5, 5.41) is 0. The molecule has 0 spiro atoms. The van der Waals surface area contributed by atoms with Gasteiger partial charge < -0.3 is 5.73 Å². The lowest BCUT2D eigenvalue weighted by atomic mass is 9.66. The van der Waals surface area contributed by atoms with Gasteiger partial charge in [-0.05, 0) is 43.1 Å². The zero-order valence-corrected chi connectivity index (χ0v) is 8.06. The first-order chi connectivity index (χ1) is 5.06. The molecule has 0 amide bonds. The molecule has 1 saturated carbocycles. The van der Waals surface area contributed by atoms with Crippen LogP contribution in [-0.4, -0.2) is 6.54 Å². The van der Waals surface area contributed by atoms with Gasteiger partial charge in [-0.15, -0.1) is 0 Å². The molecule has 2 atom stereocenters. The molecule has 0 aliphatic heterocycles. The summed E-state index contributed by atoms with van der Waals surface area (Å²) in [6.07, 6.45) is 4.04. The minimum atomic E-state index is 0.561. The van der Waals surface area contributed by atoms with Gasteiger partial charge in [-0.25, -0.2) is 0 Å². The first kappa shape index (κ1) is 9.05. The summed E-state index contributed by atoms with van der Waals surface area (Å²) in [5.74, 6) is 1.66. The maximum atomic E-state index is 5.65. The molecule has 0 aromatic rings. The van der Waals surface area contributed by atoms with Crippen LogP contribution in [0.3, 0.4) is 0 Å². The van der Waals surface area contributed by atoms with E-state index >= 15 is 0 Å². The van der Waals surface area contributed by atoms with Gasteiger partial charge >= 0.3 is 0 Å². The maximum absolute atomic E-state index is 5.65. The highest BCUT2D eigenvalue weighted by Crippen LogP contribution is 2.42. The quantitative estimate of drug-likeness (QED) is 0.618. The van der Waals surface area contributed by atoms with E-state index in [0.29, 0.717) is 5.41 Å². The SMILES string of the molecule is CC1CC(CN)CCC1(C)C. The highest BCUT2D eigenvalue weighted by molar-refractivity contribution is 4.83. The Morgan fingerprint density at radius 3 is 2.55 bits per heavy atom. The summed E-state index contributed by atoms with van der Waals surface area (Å²) in [7, 11) is 0. The third kappa shape index (κ3) is 1.96. The minimum absolute atomic E-state index is 0.561. The number of hydrogen-bond donors (Lipinski definition) is 1. The van der Waals surface area contributed by atoms with Crippen molar-refractivity contribution in [3.63, 3.8) is 0 Å². The van der Waals surface area contributed by atoms with E-state index < -0.39 is 0 Å². The second kappa shape index (κ2) is 3.14. The Kier molecular flexibility index (Phi) is 2.58. The van der Waals surface area contributed by atoms with E-state index in [1.807, 2.05) is 0 Å². The molecule has 0 heterocycles. The van der Waals surface area contributed by atoms with Crippen molar-refractivity contribution in [2.45, 2.75) is 40.0 Å². The van der Waals surface area contributed by atoms with Gasteiger partial charge in [0, 0.05) is 0 Å². The average molecular weight is 155 g/mol. The van der Waals surface area contributed by atoms with E-state index in [1.165, 1.54) is 19.3 Å². The van der Waals surface area contributed by atoms with Crippen LogP contribution in [0, 0.1) is 17.3 Å². The fourth-order valence-corrected chi connectivity index (χ4v) is 1.97. The lowest BCUT2D eigenvalue weighted by Crippen LogP contribution is -2.32. The summed E-state index contributed by atoms with van der Waals surface area (Å²) in [6.45, 7) is 8.01. The van der Waals surface area contributed by atoms with Crippen molar-refractivity contribution in [1.82, 2.24) is 0 Å². The second-order valence-electron chi connectivity index (χ2n) is 4.77. The minimum Gasteiger partial charge on any atom is -0.330 e. The summed E-state index contributed by atoms with van der Waals surface area (Å²) >= 11 is 0. The van der Waals surface area contributed by atoms with Gasteiger partial charge in [-0.1, -0.05) is 20.8 Å². The van der Waals surface area contributed by atoms with Crippen molar-refractivity contribution >= 4 is 0 Å². The van der Waals surface area contributed by atoms with Crippen molar-refractivity contribution in [2.75, 3.05) is 6.54 Å². The van der Waals surface area contributed by atoms with Crippen LogP contribution in [0.15, 0.2) is 0 Å². The fraction of sp³-hybridized carbons (Fsp3) is 1.00. The largest absolute Gasteiger partial charge is 0.330 e. The van der Waals surface area contributed by atoms with E-state index in [-0.39, 0.29) is 0 Å². The average Bonchev–Trinajstić information content (AvgIpc) is 1.95. The molecule has 11 heavy (non-hydrogen) atoms. The lowest BCUT2D eigenvalue weighted by molar-refractivity contribution is 0.115. The first-order valence-corrected chi connectivity index (χ1v) is 4.76. The number of rotatable bonds is 1. The zero-order valence-electron chi connectivity index (χ0n) is 8.06. The molecule has 0 aromatic heterocycles. The maximum Gasteiger partial charge on any atom is -0.00488 e. The molecule has 1 heteroatoms. The molecule has 1 rings (SSSR count). The third-order valence-electron chi connectivity index (χ3n) is 3.55. The van der Waals surface area contributed by atoms with E-state index in [2.05, 4.69) is 20.8 Å². The molecular formula is C10H21N.